The third-order valence-corrected chi connectivity index (χ3v) is 4.74. The maximum Gasteiger partial charge on any atom is 0.341 e. The molecule has 1 aromatic carbocycles. The molecule has 0 heterocycles. The molecule has 0 atom stereocenters. The topological polar surface area (TPSA) is 52.6 Å². The molecule has 1 aromatic rings. The highest BCUT2D eigenvalue weighted by Crippen LogP contribution is 2.26. The molecule has 4 heteroatoms. The maximum absolute atomic E-state index is 12.5. The number of benzene rings is 1. The number of carbonyl (C=O) groups excluding carboxylic acids is 2. The van der Waals surface area contributed by atoms with Gasteiger partial charge in [-0.3, -0.25) is 0 Å². The summed E-state index contributed by atoms with van der Waals surface area (Å²) < 4.78 is 10.7. The van der Waals surface area contributed by atoms with Crippen LogP contribution in [-0.2, 0) is 9.53 Å². The third-order valence-electron chi connectivity index (χ3n) is 4.74. The first-order chi connectivity index (χ1) is 13.5. The Morgan fingerprint density at radius 3 is 2.07 bits per heavy atom. The van der Waals surface area contributed by atoms with Gasteiger partial charge < -0.3 is 9.47 Å². The van der Waals surface area contributed by atoms with Gasteiger partial charge in [0, 0.05) is 6.08 Å². The number of esters is 2. The average molecular weight is 389 g/mol. The maximum atomic E-state index is 12.5. The van der Waals surface area contributed by atoms with E-state index in [0.717, 1.165) is 30.0 Å². The predicted octanol–water partition coefficient (Wildman–Crippen LogP) is 6.47. The molecule has 0 radical (unpaired) electrons. The Hall–Kier alpha value is -2.10. The van der Waals surface area contributed by atoms with Crippen LogP contribution < -0.4 is 4.74 Å². The Morgan fingerprint density at radius 2 is 1.50 bits per heavy atom. The Labute approximate surface area is 170 Å². The van der Waals surface area contributed by atoms with Gasteiger partial charge in [-0.1, -0.05) is 77.4 Å². The summed E-state index contributed by atoms with van der Waals surface area (Å²) in [5.41, 5.74) is 1.93. The minimum absolute atomic E-state index is 0.253. The Kier molecular flexibility index (Phi) is 11.9. The average Bonchev–Trinajstić information content (AvgIpc) is 2.67. The monoisotopic (exact) mass is 388 g/mol. The van der Waals surface area contributed by atoms with Gasteiger partial charge in [0.2, 0.25) is 0 Å². The summed E-state index contributed by atoms with van der Waals surface area (Å²) in [4.78, 5) is 24.0. The molecule has 0 spiro atoms. The van der Waals surface area contributed by atoms with Crippen molar-refractivity contribution in [3.63, 3.8) is 0 Å². The van der Waals surface area contributed by atoms with Crippen molar-refractivity contribution in [1.82, 2.24) is 0 Å². The van der Waals surface area contributed by atoms with E-state index in [9.17, 15) is 9.59 Å². The van der Waals surface area contributed by atoms with Gasteiger partial charge in [0.1, 0.15) is 11.3 Å². The second-order valence-electron chi connectivity index (χ2n) is 7.40. The molecule has 0 aliphatic carbocycles. The summed E-state index contributed by atoms with van der Waals surface area (Å²) in [5, 5.41) is 0. The van der Waals surface area contributed by atoms with Crippen LogP contribution in [0.4, 0.5) is 0 Å². The summed E-state index contributed by atoms with van der Waals surface area (Å²) in [6.07, 6.45) is 13.4. The molecule has 0 unspecified atom stereocenters. The lowest BCUT2D eigenvalue weighted by Gasteiger charge is -2.13. The first kappa shape index (κ1) is 23.9. The van der Waals surface area contributed by atoms with Gasteiger partial charge in [-0.15, -0.1) is 0 Å². The minimum atomic E-state index is -0.587. The van der Waals surface area contributed by atoms with E-state index in [1.54, 1.807) is 13.0 Å². The van der Waals surface area contributed by atoms with Gasteiger partial charge in [-0.05, 0) is 37.5 Å². The second-order valence-corrected chi connectivity index (χ2v) is 7.40. The fourth-order valence-corrected chi connectivity index (χ4v) is 3.22. The van der Waals surface area contributed by atoms with E-state index in [1.165, 1.54) is 51.4 Å². The van der Waals surface area contributed by atoms with Crippen LogP contribution >= 0.6 is 0 Å². The van der Waals surface area contributed by atoms with Crippen LogP contribution in [0, 0.1) is 13.8 Å². The van der Waals surface area contributed by atoms with Crippen molar-refractivity contribution < 1.29 is 19.1 Å². The fraction of sp³-hybridized carbons (Fsp3) is 0.583. The molecule has 0 saturated heterocycles. The van der Waals surface area contributed by atoms with E-state index in [2.05, 4.69) is 13.5 Å². The number of hydrogen-bond donors (Lipinski definition) is 0. The molecular formula is C24H36O4. The molecule has 1 rings (SSSR count). The van der Waals surface area contributed by atoms with Crippen LogP contribution in [0.5, 0.6) is 5.75 Å². The van der Waals surface area contributed by atoms with Gasteiger partial charge in [-0.2, -0.15) is 0 Å². The largest absolute Gasteiger partial charge is 0.462 e. The first-order valence-corrected chi connectivity index (χ1v) is 10.6. The molecular weight excluding hydrogens is 352 g/mol. The zero-order chi connectivity index (χ0) is 20.8. The number of ether oxygens (including phenoxy) is 2. The van der Waals surface area contributed by atoms with E-state index in [0.29, 0.717) is 12.2 Å². The molecule has 0 saturated carbocycles. The minimum Gasteiger partial charge on any atom is -0.462 e. The van der Waals surface area contributed by atoms with Crippen molar-refractivity contribution in [3.8, 4) is 5.75 Å². The molecule has 0 aromatic heterocycles. The lowest BCUT2D eigenvalue weighted by Crippen LogP contribution is -2.13. The Balaban J connectivity index is 2.35. The summed E-state index contributed by atoms with van der Waals surface area (Å²) >= 11 is 0. The highest BCUT2D eigenvalue weighted by Gasteiger charge is 2.19. The van der Waals surface area contributed by atoms with Crippen molar-refractivity contribution in [3.05, 3.63) is 41.5 Å². The zero-order valence-electron chi connectivity index (χ0n) is 17.9. The first-order valence-electron chi connectivity index (χ1n) is 10.6. The molecule has 0 aliphatic rings. The molecule has 156 valence electrons. The van der Waals surface area contributed by atoms with Gasteiger partial charge in [0.15, 0.2) is 0 Å². The van der Waals surface area contributed by atoms with E-state index >= 15 is 0 Å². The van der Waals surface area contributed by atoms with Crippen LogP contribution in [0.2, 0.25) is 0 Å². The van der Waals surface area contributed by atoms with Crippen LogP contribution in [0.1, 0.15) is 92.6 Å². The standard InChI is InChI=1S/C24H36O4/c1-5-7-8-9-10-11-12-13-14-15-16-27-24(26)21-18-19(3)17-20(4)23(21)28-22(25)6-2/h6,17-18H,2,5,7-16H2,1,3-4H3. The summed E-state index contributed by atoms with van der Waals surface area (Å²) in [6, 6.07) is 3.56. The van der Waals surface area contributed by atoms with Gasteiger partial charge in [-0.25, -0.2) is 9.59 Å². The second kappa shape index (κ2) is 14.0. The smallest absolute Gasteiger partial charge is 0.341 e. The Bertz CT molecular complexity index is 634. The van der Waals surface area contributed by atoms with Crippen molar-refractivity contribution >= 4 is 11.9 Å². The van der Waals surface area contributed by atoms with Crippen molar-refractivity contribution in [2.45, 2.75) is 85.0 Å². The lowest BCUT2D eigenvalue weighted by molar-refractivity contribution is -0.129. The van der Waals surface area contributed by atoms with Crippen LogP contribution in [0.25, 0.3) is 0 Å². The van der Waals surface area contributed by atoms with Crippen LogP contribution in [0.3, 0.4) is 0 Å². The third kappa shape index (κ3) is 9.20. The highest BCUT2D eigenvalue weighted by atomic mass is 16.5. The Morgan fingerprint density at radius 1 is 0.929 bits per heavy atom. The number of hydrogen-bond acceptors (Lipinski definition) is 4. The molecule has 0 N–H and O–H groups in total. The molecule has 28 heavy (non-hydrogen) atoms. The number of carbonyl (C=O) groups is 2. The number of unbranched alkanes of at least 4 members (excludes halogenated alkanes) is 9. The van der Waals surface area contributed by atoms with Crippen LogP contribution in [-0.4, -0.2) is 18.5 Å². The summed E-state index contributed by atoms with van der Waals surface area (Å²) in [7, 11) is 0. The lowest BCUT2D eigenvalue weighted by atomic mass is 10.1. The van der Waals surface area contributed by atoms with E-state index in [-0.39, 0.29) is 5.75 Å². The SMILES string of the molecule is C=CC(=O)Oc1c(C)cc(C)cc1C(=O)OCCCCCCCCCCCC. The van der Waals surface area contributed by atoms with Crippen molar-refractivity contribution in [1.29, 1.82) is 0 Å². The molecule has 0 aliphatic heterocycles. The van der Waals surface area contributed by atoms with Crippen LogP contribution in [0.15, 0.2) is 24.8 Å². The van der Waals surface area contributed by atoms with Crippen molar-refractivity contribution in [2.24, 2.45) is 0 Å². The van der Waals surface area contributed by atoms with E-state index in [4.69, 9.17) is 9.47 Å². The highest BCUT2D eigenvalue weighted by molar-refractivity contribution is 5.95. The normalized spacial score (nSPS) is 10.5. The number of aryl methyl sites for hydroxylation is 2. The zero-order valence-corrected chi connectivity index (χ0v) is 17.9. The predicted molar refractivity (Wildman–Crippen MR) is 114 cm³/mol. The molecule has 0 amide bonds. The number of rotatable bonds is 14. The molecule has 0 fully saturated rings. The summed E-state index contributed by atoms with van der Waals surface area (Å²) in [6.45, 7) is 9.72. The quantitative estimate of drug-likeness (QED) is 0.159. The van der Waals surface area contributed by atoms with E-state index in [1.807, 2.05) is 13.0 Å². The summed E-state index contributed by atoms with van der Waals surface area (Å²) in [5.74, 6) is -0.783. The van der Waals surface area contributed by atoms with Gasteiger partial charge in [0.25, 0.3) is 0 Å². The van der Waals surface area contributed by atoms with E-state index < -0.39 is 11.9 Å². The fourth-order valence-electron chi connectivity index (χ4n) is 3.22. The van der Waals surface area contributed by atoms with Crippen molar-refractivity contribution in [2.75, 3.05) is 6.61 Å². The van der Waals surface area contributed by atoms with Gasteiger partial charge >= 0.3 is 11.9 Å². The van der Waals surface area contributed by atoms with Gasteiger partial charge in [0.05, 0.1) is 6.61 Å². The molecule has 4 nitrogen and oxygen atoms in total. The molecule has 0 bridgehead atoms.